The van der Waals surface area contributed by atoms with Crippen LogP contribution in [0.3, 0.4) is 0 Å². The summed E-state index contributed by atoms with van der Waals surface area (Å²) in [5, 5.41) is 0. The number of hydrogen-bond acceptors (Lipinski definition) is 3. The predicted octanol–water partition coefficient (Wildman–Crippen LogP) is 7.23. The zero-order valence-corrected chi connectivity index (χ0v) is 17.3. The number of hydrogen-bond donors (Lipinski definition) is 0. The van der Waals surface area contributed by atoms with Crippen LogP contribution >= 0.6 is 15.9 Å². The molecular formula is C21H15BrF5NO2. The number of rotatable bonds is 5. The van der Waals surface area contributed by atoms with E-state index in [0.717, 1.165) is 35.2 Å². The fraction of sp³-hybridized carbons (Fsp3) is 0.143. The van der Waals surface area contributed by atoms with E-state index in [2.05, 4.69) is 15.9 Å². The summed E-state index contributed by atoms with van der Waals surface area (Å²) in [6.07, 6.45) is -4.68. The van der Waals surface area contributed by atoms with Crippen LogP contribution in [0, 0.1) is 11.6 Å². The highest BCUT2D eigenvalue weighted by Crippen LogP contribution is 2.47. The number of nitrogens with zero attached hydrogens (tertiary/aromatic N) is 1. The van der Waals surface area contributed by atoms with Crippen molar-refractivity contribution in [1.29, 1.82) is 0 Å². The molecule has 0 saturated carbocycles. The van der Waals surface area contributed by atoms with Gasteiger partial charge in [0.2, 0.25) is 0 Å². The van der Waals surface area contributed by atoms with E-state index in [9.17, 15) is 22.0 Å². The number of methoxy groups -OCH3 is 2. The van der Waals surface area contributed by atoms with Gasteiger partial charge in [-0.1, -0.05) is 28.1 Å². The second-order valence-electron chi connectivity index (χ2n) is 6.11. The van der Waals surface area contributed by atoms with Gasteiger partial charge in [-0.05, 0) is 42.5 Å². The van der Waals surface area contributed by atoms with Crippen LogP contribution in [0.15, 0.2) is 59.1 Å². The minimum Gasteiger partial charge on any atom is -0.495 e. The quantitative estimate of drug-likeness (QED) is 0.354. The summed E-state index contributed by atoms with van der Waals surface area (Å²) in [6.45, 7) is 0. The molecular weight excluding hydrogens is 473 g/mol. The molecule has 0 radical (unpaired) electrons. The number of ether oxygens (including phenoxy) is 2. The molecule has 3 rings (SSSR count). The SMILES string of the molecule is COc1ccccc1N(c1cc(C(F)(F)F)ccc1OC)c1c(F)cc(Br)cc1F. The lowest BCUT2D eigenvalue weighted by molar-refractivity contribution is -0.137. The van der Waals surface area contributed by atoms with Crippen LogP contribution in [0.1, 0.15) is 5.56 Å². The van der Waals surface area contributed by atoms with Gasteiger partial charge in [0.05, 0.1) is 31.2 Å². The van der Waals surface area contributed by atoms with Crippen molar-refractivity contribution in [3.8, 4) is 11.5 Å². The van der Waals surface area contributed by atoms with E-state index in [1.807, 2.05) is 0 Å². The summed E-state index contributed by atoms with van der Waals surface area (Å²) < 4.78 is 80.6. The molecule has 9 heteroatoms. The Morgan fingerprint density at radius 3 is 1.93 bits per heavy atom. The number of para-hydroxylation sites is 2. The summed E-state index contributed by atoms with van der Waals surface area (Å²) in [5.74, 6) is -1.81. The van der Waals surface area contributed by atoms with Crippen LogP contribution < -0.4 is 14.4 Å². The largest absolute Gasteiger partial charge is 0.495 e. The minimum absolute atomic E-state index is 0.0179. The highest BCUT2D eigenvalue weighted by atomic mass is 79.9. The van der Waals surface area contributed by atoms with Crippen molar-refractivity contribution in [2.24, 2.45) is 0 Å². The molecule has 0 saturated heterocycles. The Kier molecular flexibility index (Phi) is 6.21. The van der Waals surface area contributed by atoms with Crippen molar-refractivity contribution in [2.45, 2.75) is 6.18 Å². The Morgan fingerprint density at radius 2 is 1.37 bits per heavy atom. The van der Waals surface area contributed by atoms with E-state index in [-0.39, 0.29) is 27.3 Å². The Bertz CT molecular complexity index is 1050. The van der Waals surface area contributed by atoms with Gasteiger partial charge in [0.1, 0.15) is 17.2 Å². The highest BCUT2D eigenvalue weighted by Gasteiger charge is 2.33. The normalized spacial score (nSPS) is 11.3. The molecule has 0 aliphatic heterocycles. The molecule has 0 aliphatic rings. The van der Waals surface area contributed by atoms with E-state index in [4.69, 9.17) is 9.47 Å². The van der Waals surface area contributed by atoms with Crippen LogP contribution in [0.2, 0.25) is 0 Å². The summed E-state index contributed by atoms with van der Waals surface area (Å²) >= 11 is 3.01. The van der Waals surface area contributed by atoms with Gasteiger partial charge < -0.3 is 9.47 Å². The summed E-state index contributed by atoms with van der Waals surface area (Å²) in [5.41, 5.74) is -1.67. The molecule has 30 heavy (non-hydrogen) atoms. The van der Waals surface area contributed by atoms with Gasteiger partial charge in [-0.15, -0.1) is 0 Å². The Morgan fingerprint density at radius 1 is 0.800 bits per heavy atom. The molecule has 0 aromatic heterocycles. The second-order valence-corrected chi connectivity index (χ2v) is 7.03. The first-order valence-corrected chi connectivity index (χ1v) is 9.29. The molecule has 0 spiro atoms. The molecule has 3 nitrogen and oxygen atoms in total. The zero-order valence-electron chi connectivity index (χ0n) is 15.7. The molecule has 0 fully saturated rings. The maximum absolute atomic E-state index is 14.9. The first kappa shape index (κ1) is 21.9. The predicted molar refractivity (Wildman–Crippen MR) is 107 cm³/mol. The third-order valence-electron chi connectivity index (χ3n) is 4.28. The van der Waals surface area contributed by atoms with E-state index < -0.39 is 29.1 Å². The highest BCUT2D eigenvalue weighted by molar-refractivity contribution is 9.10. The molecule has 0 atom stereocenters. The van der Waals surface area contributed by atoms with E-state index in [0.29, 0.717) is 0 Å². The third kappa shape index (κ3) is 4.21. The molecule has 0 bridgehead atoms. The van der Waals surface area contributed by atoms with Crippen molar-refractivity contribution >= 4 is 33.0 Å². The van der Waals surface area contributed by atoms with Crippen LogP contribution in [0.25, 0.3) is 0 Å². The lowest BCUT2D eigenvalue weighted by Crippen LogP contribution is -2.17. The monoisotopic (exact) mass is 487 g/mol. The van der Waals surface area contributed by atoms with Crippen molar-refractivity contribution < 1.29 is 31.4 Å². The maximum atomic E-state index is 14.9. The average Bonchev–Trinajstić information content (AvgIpc) is 2.69. The number of benzene rings is 3. The summed E-state index contributed by atoms with van der Waals surface area (Å²) in [6, 6.07) is 10.9. The van der Waals surface area contributed by atoms with Gasteiger partial charge >= 0.3 is 6.18 Å². The number of anilines is 3. The molecule has 3 aromatic carbocycles. The van der Waals surface area contributed by atoms with Gasteiger partial charge in [-0.25, -0.2) is 8.78 Å². The summed E-state index contributed by atoms with van der Waals surface area (Å²) in [4.78, 5) is 1.00. The minimum atomic E-state index is -4.68. The van der Waals surface area contributed by atoms with Crippen LogP contribution in [-0.2, 0) is 6.18 Å². The molecule has 158 valence electrons. The standard InChI is InChI=1S/C21H15BrF5NO2/c1-29-18-6-4-3-5-16(18)28(20-14(23)10-13(22)11-15(20)24)17-9-12(21(25,26)27)7-8-19(17)30-2/h3-11H,1-2H3. The Hall–Kier alpha value is -2.81. The lowest BCUT2D eigenvalue weighted by Gasteiger charge is -2.29. The van der Waals surface area contributed by atoms with Crippen LogP contribution in [0.5, 0.6) is 11.5 Å². The first-order valence-electron chi connectivity index (χ1n) is 8.50. The fourth-order valence-corrected chi connectivity index (χ4v) is 3.38. The van der Waals surface area contributed by atoms with E-state index in [1.54, 1.807) is 12.1 Å². The van der Waals surface area contributed by atoms with Gasteiger partial charge in [-0.3, -0.25) is 4.90 Å². The maximum Gasteiger partial charge on any atom is 0.416 e. The van der Waals surface area contributed by atoms with Gasteiger partial charge in [0.15, 0.2) is 11.6 Å². The molecule has 0 N–H and O–H groups in total. The van der Waals surface area contributed by atoms with Gasteiger partial charge in [0, 0.05) is 4.47 Å². The van der Waals surface area contributed by atoms with E-state index >= 15 is 0 Å². The van der Waals surface area contributed by atoms with Crippen molar-refractivity contribution in [3.63, 3.8) is 0 Å². The third-order valence-corrected chi connectivity index (χ3v) is 4.74. The Labute approximate surface area is 177 Å². The van der Waals surface area contributed by atoms with Crippen molar-refractivity contribution in [2.75, 3.05) is 19.1 Å². The number of alkyl halides is 3. The smallest absolute Gasteiger partial charge is 0.416 e. The molecule has 0 aliphatic carbocycles. The molecule has 3 aromatic rings. The van der Waals surface area contributed by atoms with Gasteiger partial charge in [0.25, 0.3) is 0 Å². The zero-order chi connectivity index (χ0) is 22.1. The van der Waals surface area contributed by atoms with Gasteiger partial charge in [-0.2, -0.15) is 13.2 Å². The van der Waals surface area contributed by atoms with Crippen LogP contribution in [0.4, 0.5) is 39.0 Å². The molecule has 0 amide bonds. The Balaban J connectivity index is 2.40. The molecule has 0 unspecified atom stereocenters. The second kappa shape index (κ2) is 8.51. The van der Waals surface area contributed by atoms with E-state index in [1.165, 1.54) is 26.4 Å². The lowest BCUT2D eigenvalue weighted by atomic mass is 10.1. The fourth-order valence-electron chi connectivity index (χ4n) is 2.97. The molecule has 0 heterocycles. The first-order chi connectivity index (χ1) is 14.2. The van der Waals surface area contributed by atoms with Crippen molar-refractivity contribution in [3.05, 3.63) is 76.3 Å². The number of halogens is 6. The summed E-state index contributed by atoms with van der Waals surface area (Å²) in [7, 11) is 2.59. The topological polar surface area (TPSA) is 21.7 Å². The van der Waals surface area contributed by atoms with Crippen LogP contribution in [-0.4, -0.2) is 14.2 Å². The average molecular weight is 488 g/mol. The van der Waals surface area contributed by atoms with Crippen molar-refractivity contribution in [1.82, 2.24) is 0 Å².